The summed E-state index contributed by atoms with van der Waals surface area (Å²) in [4.78, 5) is 15.1. The maximum Gasteiger partial charge on any atom is 0.417 e. The highest BCUT2D eigenvalue weighted by Crippen LogP contribution is 2.38. The minimum absolute atomic E-state index is 0.0351. The van der Waals surface area contributed by atoms with Crippen molar-refractivity contribution in [3.63, 3.8) is 0 Å². The number of benzene rings is 1. The molecule has 1 unspecified atom stereocenters. The van der Waals surface area contributed by atoms with Crippen LogP contribution in [0.5, 0.6) is 0 Å². The van der Waals surface area contributed by atoms with E-state index >= 15 is 0 Å². The van der Waals surface area contributed by atoms with Crippen LogP contribution in [0.1, 0.15) is 37.8 Å². The number of halogens is 3. The molecule has 26 heavy (non-hydrogen) atoms. The van der Waals surface area contributed by atoms with Crippen molar-refractivity contribution in [2.45, 2.75) is 44.8 Å². The molecule has 1 aromatic rings. The number of nitriles is 1. The Morgan fingerprint density at radius 1 is 1.31 bits per heavy atom. The Balaban J connectivity index is 2.42. The Kier molecular flexibility index (Phi) is 5.61. The molecular weight excluding hydrogens is 351 g/mol. The molecule has 0 radical (unpaired) electrons. The molecule has 0 aliphatic carbocycles. The number of carbonyl (C=O) groups excluding carboxylic acids is 1. The number of nitrogens with zero attached hydrogens (tertiary/aromatic N) is 3. The summed E-state index contributed by atoms with van der Waals surface area (Å²) < 4.78 is 39.5. The van der Waals surface area contributed by atoms with E-state index in [1.165, 1.54) is 17.0 Å². The fourth-order valence-corrected chi connectivity index (χ4v) is 3.00. The zero-order valence-electron chi connectivity index (χ0n) is 14.4. The smallest absolute Gasteiger partial charge is 0.396 e. The van der Waals surface area contributed by atoms with Crippen molar-refractivity contribution >= 4 is 11.6 Å². The molecule has 1 aliphatic rings. The van der Waals surface area contributed by atoms with E-state index in [0.29, 0.717) is 25.5 Å². The van der Waals surface area contributed by atoms with Gasteiger partial charge in [-0.15, -0.1) is 0 Å². The lowest BCUT2D eigenvalue weighted by Crippen LogP contribution is -2.46. The second kappa shape index (κ2) is 7.23. The average molecular weight is 371 g/mol. The summed E-state index contributed by atoms with van der Waals surface area (Å²) in [6.45, 7) is 3.41. The zero-order valence-corrected chi connectivity index (χ0v) is 14.4. The van der Waals surface area contributed by atoms with E-state index in [1.807, 2.05) is 0 Å². The van der Waals surface area contributed by atoms with Crippen LogP contribution in [0, 0.1) is 11.3 Å². The lowest BCUT2D eigenvalue weighted by Gasteiger charge is -2.30. The molecule has 9 heteroatoms. The normalized spacial score (nSPS) is 20.5. The third-order valence-electron chi connectivity index (χ3n) is 4.48. The number of alkyl halides is 3. The molecule has 142 valence electrons. The van der Waals surface area contributed by atoms with E-state index in [4.69, 9.17) is 10.4 Å². The first-order valence-corrected chi connectivity index (χ1v) is 8.06. The molecule has 1 atom stereocenters. The van der Waals surface area contributed by atoms with Crippen LogP contribution in [0.4, 0.5) is 18.9 Å². The minimum atomic E-state index is -4.76. The Bertz CT molecular complexity index is 728. The van der Waals surface area contributed by atoms with Crippen molar-refractivity contribution < 1.29 is 28.2 Å². The quantitative estimate of drug-likeness (QED) is 0.774. The molecule has 0 aromatic heterocycles. The van der Waals surface area contributed by atoms with Gasteiger partial charge < -0.3 is 10.2 Å². The Morgan fingerprint density at radius 3 is 2.50 bits per heavy atom. The number of carbonyl (C=O) groups is 1. The number of rotatable bonds is 5. The van der Waals surface area contributed by atoms with Gasteiger partial charge in [0, 0.05) is 18.8 Å². The number of aliphatic hydroxyl groups excluding tert-OH is 2. The summed E-state index contributed by atoms with van der Waals surface area (Å²) in [5.74, 6) is -0.549. The van der Waals surface area contributed by atoms with E-state index in [9.17, 15) is 23.1 Å². The summed E-state index contributed by atoms with van der Waals surface area (Å²) in [7, 11) is 0. The van der Waals surface area contributed by atoms with Gasteiger partial charge in [0.15, 0.2) is 6.35 Å². The molecule has 1 aromatic carbocycles. The number of hydrogen-bond acceptors (Lipinski definition) is 5. The monoisotopic (exact) mass is 371 g/mol. The van der Waals surface area contributed by atoms with Crippen LogP contribution >= 0.6 is 0 Å². The van der Waals surface area contributed by atoms with Gasteiger partial charge in [-0.3, -0.25) is 9.69 Å². The molecule has 1 fully saturated rings. The van der Waals surface area contributed by atoms with Gasteiger partial charge in [-0.1, -0.05) is 0 Å². The highest BCUT2D eigenvalue weighted by atomic mass is 19.4. The number of amides is 1. The van der Waals surface area contributed by atoms with E-state index in [2.05, 4.69) is 0 Å². The summed E-state index contributed by atoms with van der Waals surface area (Å²) in [5.41, 5.74) is -2.97. The Hall–Kier alpha value is -2.15. The predicted octanol–water partition coefficient (Wildman–Crippen LogP) is 2.05. The second-order valence-corrected chi connectivity index (χ2v) is 6.54. The van der Waals surface area contributed by atoms with Gasteiger partial charge in [0.05, 0.1) is 22.7 Å². The fraction of sp³-hybridized carbons (Fsp3) is 0.529. The van der Waals surface area contributed by atoms with Crippen molar-refractivity contribution in [2.75, 3.05) is 18.1 Å². The maximum atomic E-state index is 13.2. The van der Waals surface area contributed by atoms with Gasteiger partial charge >= 0.3 is 6.18 Å². The third kappa shape index (κ3) is 3.53. The first-order valence-electron chi connectivity index (χ1n) is 8.06. The van der Waals surface area contributed by atoms with Crippen molar-refractivity contribution in [1.29, 1.82) is 5.26 Å². The highest BCUT2D eigenvalue weighted by molar-refractivity contribution is 6.02. The highest BCUT2D eigenvalue weighted by Gasteiger charge is 2.51. The van der Waals surface area contributed by atoms with E-state index in [0.717, 1.165) is 11.0 Å². The third-order valence-corrected chi connectivity index (χ3v) is 4.48. The molecule has 1 heterocycles. The summed E-state index contributed by atoms with van der Waals surface area (Å²) >= 11 is 0. The Morgan fingerprint density at radius 2 is 1.96 bits per heavy atom. The molecule has 2 N–H and O–H groups in total. The topological polar surface area (TPSA) is 87.8 Å². The molecule has 1 aliphatic heterocycles. The lowest BCUT2D eigenvalue weighted by molar-refractivity contribution is -0.137. The zero-order chi connectivity index (χ0) is 19.7. The maximum absolute atomic E-state index is 13.2. The number of aliphatic hydroxyl groups is 2. The number of unbranched alkanes of at least 4 members (excludes halogenated alkanes) is 1. The molecule has 2 rings (SSSR count). The van der Waals surface area contributed by atoms with Crippen molar-refractivity contribution in [2.24, 2.45) is 0 Å². The molecule has 6 nitrogen and oxygen atoms in total. The molecule has 1 amide bonds. The van der Waals surface area contributed by atoms with Gasteiger partial charge in [0.25, 0.3) is 0 Å². The largest absolute Gasteiger partial charge is 0.417 e. The predicted molar refractivity (Wildman–Crippen MR) is 86.8 cm³/mol. The van der Waals surface area contributed by atoms with E-state index in [-0.39, 0.29) is 12.3 Å². The summed E-state index contributed by atoms with van der Waals surface area (Å²) in [6, 6.07) is 4.38. The minimum Gasteiger partial charge on any atom is -0.396 e. The van der Waals surface area contributed by atoms with Crippen LogP contribution in [-0.2, 0) is 11.0 Å². The SMILES string of the molecule is CC1(C)C(=O)N(c2ccc(C#N)c(C(F)(F)F)c2)C(O)N1CCCCO. The van der Waals surface area contributed by atoms with Crippen molar-refractivity contribution in [1.82, 2.24) is 4.90 Å². The van der Waals surface area contributed by atoms with Crippen LogP contribution in [0.25, 0.3) is 0 Å². The van der Waals surface area contributed by atoms with Crippen molar-refractivity contribution in [3.8, 4) is 6.07 Å². The van der Waals surface area contributed by atoms with E-state index in [1.54, 1.807) is 13.8 Å². The molecule has 0 spiro atoms. The fourth-order valence-electron chi connectivity index (χ4n) is 3.00. The summed E-state index contributed by atoms with van der Waals surface area (Å²) in [6.07, 6.45) is -5.21. The van der Waals surface area contributed by atoms with Gasteiger partial charge in [0.1, 0.15) is 0 Å². The second-order valence-electron chi connectivity index (χ2n) is 6.54. The van der Waals surface area contributed by atoms with Crippen LogP contribution in [0.2, 0.25) is 0 Å². The first-order chi connectivity index (χ1) is 12.1. The number of hydrogen-bond donors (Lipinski definition) is 2. The molecule has 0 saturated carbocycles. The Labute approximate surface area is 149 Å². The standard InChI is InChI=1S/C17H20F3N3O3/c1-16(2)14(25)23(15(26)22(16)7-3-4-8-24)12-6-5-11(10-21)13(9-12)17(18,19)20/h5-6,9,15,24,26H,3-4,7-8H2,1-2H3. The molecular formula is C17H20F3N3O3. The summed E-state index contributed by atoms with van der Waals surface area (Å²) in [5, 5.41) is 28.3. The van der Waals surface area contributed by atoms with Crippen LogP contribution in [0.3, 0.4) is 0 Å². The van der Waals surface area contributed by atoms with E-state index < -0.39 is 35.1 Å². The number of anilines is 1. The van der Waals surface area contributed by atoms with Crippen LogP contribution < -0.4 is 4.90 Å². The molecule has 0 bridgehead atoms. The van der Waals surface area contributed by atoms with Gasteiger partial charge in [-0.25, -0.2) is 4.90 Å². The average Bonchev–Trinajstić information content (AvgIpc) is 2.73. The van der Waals surface area contributed by atoms with Gasteiger partial charge in [0.2, 0.25) is 5.91 Å². The van der Waals surface area contributed by atoms with Crippen LogP contribution in [0.15, 0.2) is 18.2 Å². The van der Waals surface area contributed by atoms with Gasteiger partial charge in [-0.2, -0.15) is 18.4 Å². The molecule has 1 saturated heterocycles. The van der Waals surface area contributed by atoms with Crippen molar-refractivity contribution in [3.05, 3.63) is 29.3 Å². The van der Waals surface area contributed by atoms with Gasteiger partial charge in [-0.05, 0) is 44.9 Å². The van der Waals surface area contributed by atoms with Crippen LogP contribution in [-0.4, -0.2) is 46.1 Å². The first kappa shape index (κ1) is 20.2. The lowest BCUT2D eigenvalue weighted by atomic mass is 10.0.